The Kier molecular flexibility index (Phi) is 3.08. The fraction of sp³-hybridized carbons (Fsp3) is 0.333. The van der Waals surface area contributed by atoms with Gasteiger partial charge >= 0.3 is 0 Å². The Morgan fingerprint density at radius 2 is 2.00 bits per heavy atom. The van der Waals surface area contributed by atoms with Gasteiger partial charge < -0.3 is 9.47 Å². The van der Waals surface area contributed by atoms with E-state index in [9.17, 15) is 0 Å². The van der Waals surface area contributed by atoms with Crippen LogP contribution >= 0.6 is 34.2 Å². The molecule has 0 saturated carbocycles. The van der Waals surface area contributed by atoms with E-state index >= 15 is 0 Å². The molecule has 0 radical (unpaired) electrons. The van der Waals surface area contributed by atoms with Gasteiger partial charge in [0.15, 0.2) is 6.29 Å². The highest BCUT2D eigenvalue weighted by atomic mass is 127. The molecule has 1 fully saturated rings. The van der Waals surface area contributed by atoms with E-state index in [1.807, 2.05) is 18.2 Å². The van der Waals surface area contributed by atoms with Crippen molar-refractivity contribution in [3.8, 4) is 0 Å². The van der Waals surface area contributed by atoms with Crippen molar-refractivity contribution >= 4 is 34.2 Å². The minimum atomic E-state index is -0.204. The predicted molar refractivity (Wildman–Crippen MR) is 58.8 cm³/mol. The number of benzene rings is 1. The van der Waals surface area contributed by atoms with Crippen LogP contribution in [0.1, 0.15) is 11.9 Å². The normalized spacial score (nSPS) is 18.0. The highest BCUT2D eigenvalue weighted by molar-refractivity contribution is 14.1. The summed E-state index contributed by atoms with van der Waals surface area (Å²) in [4.78, 5) is 0. The van der Waals surface area contributed by atoms with Crippen LogP contribution in [0.25, 0.3) is 0 Å². The van der Waals surface area contributed by atoms with Crippen LogP contribution in [0.2, 0.25) is 5.02 Å². The van der Waals surface area contributed by atoms with Gasteiger partial charge in [-0.15, -0.1) is 0 Å². The van der Waals surface area contributed by atoms with Crippen LogP contribution in [0.4, 0.5) is 0 Å². The maximum absolute atomic E-state index is 5.84. The Hall–Kier alpha value is 0.160. The van der Waals surface area contributed by atoms with Crippen molar-refractivity contribution in [2.45, 2.75) is 6.29 Å². The van der Waals surface area contributed by atoms with Crippen LogP contribution in [0.15, 0.2) is 18.2 Å². The van der Waals surface area contributed by atoms with Crippen LogP contribution in [0.5, 0.6) is 0 Å². The molecule has 1 saturated heterocycles. The van der Waals surface area contributed by atoms with Gasteiger partial charge in [0.2, 0.25) is 0 Å². The number of rotatable bonds is 1. The van der Waals surface area contributed by atoms with Crippen molar-refractivity contribution in [2.75, 3.05) is 13.2 Å². The molecular weight excluding hydrogens is 302 g/mol. The van der Waals surface area contributed by atoms with Crippen molar-refractivity contribution in [2.24, 2.45) is 0 Å². The third kappa shape index (κ3) is 2.15. The van der Waals surface area contributed by atoms with Gasteiger partial charge in [-0.25, -0.2) is 0 Å². The average Bonchev–Trinajstić information content (AvgIpc) is 2.56. The molecule has 2 rings (SSSR count). The number of ether oxygens (including phenoxy) is 2. The van der Waals surface area contributed by atoms with E-state index in [0.29, 0.717) is 13.2 Å². The third-order valence-electron chi connectivity index (χ3n) is 1.84. The van der Waals surface area contributed by atoms with Crippen LogP contribution in [-0.2, 0) is 9.47 Å². The Morgan fingerprint density at radius 3 is 2.62 bits per heavy atom. The first-order chi connectivity index (χ1) is 6.27. The zero-order valence-corrected chi connectivity index (χ0v) is 9.71. The minimum absolute atomic E-state index is 0.204. The van der Waals surface area contributed by atoms with Gasteiger partial charge in [0.1, 0.15) is 0 Å². The summed E-state index contributed by atoms with van der Waals surface area (Å²) < 4.78 is 11.9. The van der Waals surface area contributed by atoms with Crippen molar-refractivity contribution in [1.82, 2.24) is 0 Å². The lowest BCUT2D eigenvalue weighted by molar-refractivity contribution is -0.0447. The maximum atomic E-state index is 5.84. The van der Waals surface area contributed by atoms with E-state index in [2.05, 4.69) is 22.6 Å². The molecule has 0 amide bonds. The molecule has 0 N–H and O–H groups in total. The Bertz CT molecular complexity index is 310. The van der Waals surface area contributed by atoms with Gasteiger partial charge in [0.05, 0.1) is 13.2 Å². The van der Waals surface area contributed by atoms with Crippen LogP contribution < -0.4 is 0 Å². The van der Waals surface area contributed by atoms with Crippen LogP contribution in [0, 0.1) is 3.57 Å². The number of hydrogen-bond donors (Lipinski definition) is 0. The highest BCUT2D eigenvalue weighted by Gasteiger charge is 2.20. The predicted octanol–water partition coefficient (Wildman–Crippen LogP) is 2.99. The largest absolute Gasteiger partial charge is 0.346 e. The molecule has 13 heavy (non-hydrogen) atoms. The first-order valence-corrected chi connectivity index (χ1v) is 5.41. The summed E-state index contributed by atoms with van der Waals surface area (Å²) in [5, 5.41) is 0.742. The van der Waals surface area contributed by atoms with Gasteiger partial charge in [0, 0.05) is 14.2 Å². The van der Waals surface area contributed by atoms with Gasteiger partial charge in [0.25, 0.3) is 0 Å². The maximum Gasteiger partial charge on any atom is 0.185 e. The van der Waals surface area contributed by atoms with E-state index in [0.717, 1.165) is 14.2 Å². The summed E-state index contributed by atoms with van der Waals surface area (Å²) in [7, 11) is 0. The molecule has 1 aromatic carbocycles. The van der Waals surface area contributed by atoms with Gasteiger partial charge in [-0.1, -0.05) is 17.7 Å². The SMILES string of the molecule is Clc1ccc(C2OCCO2)c(I)c1. The van der Waals surface area contributed by atoms with Crippen molar-refractivity contribution in [1.29, 1.82) is 0 Å². The molecule has 70 valence electrons. The molecule has 1 aromatic rings. The molecule has 2 nitrogen and oxygen atoms in total. The quantitative estimate of drug-likeness (QED) is 0.743. The second kappa shape index (κ2) is 4.13. The summed E-state index contributed by atoms with van der Waals surface area (Å²) in [5.41, 5.74) is 1.06. The van der Waals surface area contributed by atoms with Gasteiger partial charge in [-0.3, -0.25) is 0 Å². The Balaban J connectivity index is 2.29. The lowest BCUT2D eigenvalue weighted by Gasteiger charge is -2.11. The van der Waals surface area contributed by atoms with Crippen molar-refractivity contribution in [3.63, 3.8) is 0 Å². The molecular formula is C9H8ClIO2. The minimum Gasteiger partial charge on any atom is -0.346 e. The lowest BCUT2D eigenvalue weighted by Crippen LogP contribution is -2.00. The Morgan fingerprint density at radius 1 is 1.31 bits per heavy atom. The zero-order chi connectivity index (χ0) is 9.26. The molecule has 4 heteroatoms. The highest BCUT2D eigenvalue weighted by Crippen LogP contribution is 2.28. The molecule has 1 heterocycles. The fourth-order valence-corrected chi connectivity index (χ4v) is 2.36. The molecule has 0 atom stereocenters. The molecule has 1 aliphatic heterocycles. The monoisotopic (exact) mass is 310 g/mol. The zero-order valence-electron chi connectivity index (χ0n) is 6.80. The first kappa shape index (κ1) is 9.71. The standard InChI is InChI=1S/C9H8ClIO2/c10-6-1-2-7(8(11)5-6)9-12-3-4-13-9/h1-2,5,9H,3-4H2. The summed E-state index contributed by atoms with van der Waals surface area (Å²) in [6.45, 7) is 1.34. The van der Waals surface area contributed by atoms with E-state index < -0.39 is 0 Å². The number of halogens is 2. The summed E-state index contributed by atoms with van der Waals surface area (Å²) >= 11 is 8.07. The van der Waals surface area contributed by atoms with E-state index in [1.165, 1.54) is 0 Å². The first-order valence-electron chi connectivity index (χ1n) is 3.95. The lowest BCUT2D eigenvalue weighted by atomic mass is 10.2. The summed E-state index contributed by atoms with van der Waals surface area (Å²) in [6, 6.07) is 5.70. The molecule has 1 aliphatic rings. The van der Waals surface area contributed by atoms with Gasteiger partial charge in [-0.2, -0.15) is 0 Å². The Labute approximate surface area is 95.3 Å². The second-order valence-electron chi connectivity index (χ2n) is 2.74. The topological polar surface area (TPSA) is 18.5 Å². The van der Waals surface area contributed by atoms with E-state index in [-0.39, 0.29) is 6.29 Å². The van der Waals surface area contributed by atoms with Crippen molar-refractivity contribution < 1.29 is 9.47 Å². The second-order valence-corrected chi connectivity index (χ2v) is 4.34. The smallest absolute Gasteiger partial charge is 0.185 e. The van der Waals surface area contributed by atoms with Crippen LogP contribution in [-0.4, -0.2) is 13.2 Å². The fourth-order valence-electron chi connectivity index (χ4n) is 1.23. The van der Waals surface area contributed by atoms with Crippen molar-refractivity contribution in [3.05, 3.63) is 32.4 Å². The summed E-state index contributed by atoms with van der Waals surface area (Å²) in [5.74, 6) is 0. The summed E-state index contributed by atoms with van der Waals surface area (Å²) in [6.07, 6.45) is -0.204. The number of hydrogen-bond acceptors (Lipinski definition) is 2. The molecule has 0 spiro atoms. The molecule has 0 aromatic heterocycles. The average molecular weight is 311 g/mol. The van der Waals surface area contributed by atoms with Gasteiger partial charge in [-0.05, 0) is 34.7 Å². The van der Waals surface area contributed by atoms with Crippen LogP contribution in [0.3, 0.4) is 0 Å². The van der Waals surface area contributed by atoms with E-state index in [1.54, 1.807) is 0 Å². The molecule has 0 unspecified atom stereocenters. The molecule has 0 bridgehead atoms. The van der Waals surface area contributed by atoms with E-state index in [4.69, 9.17) is 21.1 Å². The third-order valence-corrected chi connectivity index (χ3v) is 3.01. The molecule has 0 aliphatic carbocycles.